The Hall–Kier alpha value is -3.10. The lowest BCUT2D eigenvalue weighted by Gasteiger charge is -2.12. The van der Waals surface area contributed by atoms with E-state index in [9.17, 15) is 14.4 Å². The van der Waals surface area contributed by atoms with Gasteiger partial charge in [-0.05, 0) is 92.2 Å². The second-order valence-electron chi connectivity index (χ2n) is 7.82. The molecular formula is C25H22BrN3O3S. The van der Waals surface area contributed by atoms with Gasteiger partial charge in [0, 0.05) is 27.2 Å². The van der Waals surface area contributed by atoms with Gasteiger partial charge in [-0.2, -0.15) is 0 Å². The third kappa shape index (κ3) is 4.96. The third-order valence-electron chi connectivity index (χ3n) is 5.32. The Morgan fingerprint density at radius 2 is 1.79 bits per heavy atom. The van der Waals surface area contributed by atoms with E-state index in [-0.39, 0.29) is 6.54 Å². The molecule has 1 aliphatic rings. The van der Waals surface area contributed by atoms with Gasteiger partial charge < -0.3 is 9.88 Å². The number of thioether (sulfide) groups is 1. The summed E-state index contributed by atoms with van der Waals surface area (Å²) in [5.41, 5.74) is 5.46. The summed E-state index contributed by atoms with van der Waals surface area (Å²) in [6, 6.07) is 17.3. The Labute approximate surface area is 204 Å². The number of aryl methyl sites for hydroxylation is 2. The topological polar surface area (TPSA) is 71.4 Å². The van der Waals surface area contributed by atoms with Crippen molar-refractivity contribution in [2.75, 3.05) is 11.9 Å². The average molecular weight is 524 g/mol. The molecule has 3 amide bonds. The van der Waals surface area contributed by atoms with E-state index < -0.39 is 17.1 Å². The number of carbonyl (C=O) groups is 3. The molecule has 0 unspecified atom stereocenters. The van der Waals surface area contributed by atoms with Crippen LogP contribution in [-0.2, 0) is 9.59 Å². The van der Waals surface area contributed by atoms with E-state index in [2.05, 4.69) is 25.8 Å². The highest BCUT2D eigenvalue weighted by molar-refractivity contribution is 9.10. The fourth-order valence-electron chi connectivity index (χ4n) is 3.77. The molecule has 33 heavy (non-hydrogen) atoms. The van der Waals surface area contributed by atoms with Crippen LogP contribution in [0.1, 0.15) is 22.5 Å². The predicted octanol–water partition coefficient (Wildman–Crippen LogP) is 5.84. The summed E-state index contributed by atoms with van der Waals surface area (Å²) in [4.78, 5) is 39.1. The van der Waals surface area contributed by atoms with Crippen molar-refractivity contribution in [3.8, 4) is 5.69 Å². The van der Waals surface area contributed by atoms with Gasteiger partial charge in [-0.25, -0.2) is 0 Å². The van der Waals surface area contributed by atoms with Crippen LogP contribution in [0.15, 0.2) is 64.0 Å². The molecule has 2 aromatic carbocycles. The number of carbonyl (C=O) groups excluding carboxylic acids is 3. The largest absolute Gasteiger partial charge is 0.325 e. The van der Waals surface area contributed by atoms with Crippen molar-refractivity contribution in [1.82, 2.24) is 9.47 Å². The van der Waals surface area contributed by atoms with Crippen LogP contribution >= 0.6 is 27.7 Å². The molecule has 0 saturated carbocycles. The molecule has 6 nitrogen and oxygen atoms in total. The lowest BCUT2D eigenvalue weighted by Crippen LogP contribution is -2.36. The van der Waals surface area contributed by atoms with Crippen molar-refractivity contribution in [3.63, 3.8) is 0 Å². The monoisotopic (exact) mass is 523 g/mol. The Bertz CT molecular complexity index is 1290. The van der Waals surface area contributed by atoms with Crippen LogP contribution in [0, 0.1) is 20.8 Å². The summed E-state index contributed by atoms with van der Waals surface area (Å²) < 4.78 is 3.09. The third-order valence-corrected chi connectivity index (χ3v) is 6.75. The van der Waals surface area contributed by atoms with Crippen molar-refractivity contribution in [2.24, 2.45) is 0 Å². The number of hydrogen-bond acceptors (Lipinski definition) is 4. The number of anilines is 1. The van der Waals surface area contributed by atoms with E-state index >= 15 is 0 Å². The maximum Gasteiger partial charge on any atom is 0.294 e. The van der Waals surface area contributed by atoms with Gasteiger partial charge in [-0.1, -0.05) is 28.1 Å². The first-order chi connectivity index (χ1) is 15.7. The van der Waals surface area contributed by atoms with Crippen LogP contribution in [-0.4, -0.2) is 33.1 Å². The molecular weight excluding hydrogens is 502 g/mol. The molecule has 1 saturated heterocycles. The molecule has 1 aromatic heterocycles. The van der Waals surface area contributed by atoms with E-state index in [0.717, 1.165) is 49.3 Å². The molecule has 8 heteroatoms. The Morgan fingerprint density at radius 1 is 1.06 bits per heavy atom. The lowest BCUT2D eigenvalue weighted by molar-refractivity contribution is -0.127. The van der Waals surface area contributed by atoms with Crippen LogP contribution in [0.25, 0.3) is 11.8 Å². The number of benzene rings is 2. The number of imide groups is 1. The minimum absolute atomic E-state index is 0.305. The standard InChI is InChI=1S/C25H22BrN3O3S/c1-15-5-4-6-20(11-15)27-23(30)14-28-24(31)22(33-25(28)32)13-18-12-16(2)29(17(18)3)21-9-7-19(26)8-10-21/h4-13H,14H2,1-3H3,(H,27,30)/b22-13+. The fourth-order valence-corrected chi connectivity index (χ4v) is 4.86. The molecule has 1 aliphatic heterocycles. The van der Waals surface area contributed by atoms with E-state index in [1.54, 1.807) is 12.1 Å². The molecule has 0 spiro atoms. The van der Waals surface area contributed by atoms with Crippen LogP contribution in [0.3, 0.4) is 0 Å². The zero-order valence-electron chi connectivity index (χ0n) is 18.4. The number of nitrogens with one attached hydrogen (secondary N) is 1. The number of halogens is 1. The number of amides is 3. The number of nitrogens with zero attached hydrogens (tertiary/aromatic N) is 2. The van der Waals surface area contributed by atoms with Crippen LogP contribution in [0.5, 0.6) is 0 Å². The zero-order valence-corrected chi connectivity index (χ0v) is 20.8. The van der Waals surface area contributed by atoms with Gasteiger partial charge in [0.15, 0.2) is 0 Å². The zero-order chi connectivity index (χ0) is 23.7. The molecule has 0 aliphatic carbocycles. The summed E-state index contributed by atoms with van der Waals surface area (Å²) in [5, 5.41) is 2.29. The quantitative estimate of drug-likeness (QED) is 0.426. The molecule has 0 radical (unpaired) electrons. The summed E-state index contributed by atoms with van der Waals surface area (Å²) in [5.74, 6) is -0.879. The number of aromatic nitrogens is 1. The Balaban J connectivity index is 1.53. The normalized spacial score (nSPS) is 14.9. The van der Waals surface area contributed by atoms with E-state index in [0.29, 0.717) is 10.6 Å². The summed E-state index contributed by atoms with van der Waals surface area (Å²) in [6.45, 7) is 5.56. The maximum absolute atomic E-state index is 12.9. The van der Waals surface area contributed by atoms with Crippen LogP contribution < -0.4 is 5.32 Å². The van der Waals surface area contributed by atoms with Crippen molar-refractivity contribution in [2.45, 2.75) is 20.8 Å². The second-order valence-corrected chi connectivity index (χ2v) is 9.73. The first-order valence-corrected chi connectivity index (χ1v) is 11.9. The van der Waals surface area contributed by atoms with Gasteiger partial charge in [-0.15, -0.1) is 0 Å². The summed E-state index contributed by atoms with van der Waals surface area (Å²) >= 11 is 4.30. The first-order valence-electron chi connectivity index (χ1n) is 10.3. The number of rotatable bonds is 5. The van der Waals surface area contributed by atoms with Gasteiger partial charge in [0.1, 0.15) is 6.54 Å². The minimum atomic E-state index is -0.460. The highest BCUT2D eigenvalue weighted by Gasteiger charge is 2.36. The van der Waals surface area contributed by atoms with E-state index in [1.165, 1.54) is 0 Å². The number of hydrogen-bond donors (Lipinski definition) is 1. The summed E-state index contributed by atoms with van der Waals surface area (Å²) in [6.07, 6.45) is 1.72. The SMILES string of the molecule is Cc1cccc(NC(=O)CN2C(=O)S/C(=C/c3cc(C)n(-c4ccc(Br)cc4)c3C)C2=O)c1. The highest BCUT2D eigenvalue weighted by atomic mass is 79.9. The molecule has 1 N–H and O–H groups in total. The van der Waals surface area contributed by atoms with Gasteiger partial charge >= 0.3 is 0 Å². The van der Waals surface area contributed by atoms with Gasteiger partial charge in [-0.3, -0.25) is 19.3 Å². The second kappa shape index (κ2) is 9.41. The smallest absolute Gasteiger partial charge is 0.294 e. The van der Waals surface area contributed by atoms with Crippen molar-refractivity contribution < 1.29 is 14.4 Å². The maximum atomic E-state index is 12.9. The molecule has 0 bridgehead atoms. The van der Waals surface area contributed by atoms with Crippen molar-refractivity contribution in [3.05, 3.63) is 86.5 Å². The molecule has 168 valence electrons. The van der Waals surface area contributed by atoms with E-state index in [1.807, 2.05) is 69.3 Å². The van der Waals surface area contributed by atoms with Gasteiger partial charge in [0.2, 0.25) is 5.91 Å². The predicted molar refractivity (Wildman–Crippen MR) is 135 cm³/mol. The average Bonchev–Trinajstić information content (AvgIpc) is 3.18. The minimum Gasteiger partial charge on any atom is -0.325 e. The lowest BCUT2D eigenvalue weighted by atomic mass is 10.2. The summed E-state index contributed by atoms with van der Waals surface area (Å²) in [7, 11) is 0. The molecule has 2 heterocycles. The van der Waals surface area contributed by atoms with Crippen LogP contribution in [0.4, 0.5) is 10.5 Å². The van der Waals surface area contributed by atoms with Crippen molar-refractivity contribution >= 4 is 56.5 Å². The van der Waals surface area contributed by atoms with Crippen LogP contribution in [0.2, 0.25) is 0 Å². The van der Waals surface area contributed by atoms with E-state index in [4.69, 9.17) is 0 Å². The van der Waals surface area contributed by atoms with Gasteiger partial charge in [0.25, 0.3) is 11.1 Å². The first kappa shape index (κ1) is 23.1. The Morgan fingerprint density at radius 3 is 2.48 bits per heavy atom. The molecule has 4 rings (SSSR count). The Kier molecular flexibility index (Phi) is 6.58. The molecule has 1 fully saturated rings. The fraction of sp³-hybridized carbons (Fsp3) is 0.160. The van der Waals surface area contributed by atoms with Gasteiger partial charge in [0.05, 0.1) is 4.91 Å². The van der Waals surface area contributed by atoms with Crippen molar-refractivity contribution in [1.29, 1.82) is 0 Å². The molecule has 0 atom stereocenters. The molecule has 3 aromatic rings. The highest BCUT2D eigenvalue weighted by Crippen LogP contribution is 2.33.